The minimum Gasteiger partial charge on any atom is -0.308 e. The van der Waals surface area contributed by atoms with Crippen molar-refractivity contribution in [3.8, 4) is 0 Å². The van der Waals surface area contributed by atoms with Gasteiger partial charge in [0.25, 0.3) is 5.91 Å². The minimum absolute atomic E-state index is 0.0347. The van der Waals surface area contributed by atoms with E-state index < -0.39 is 10.0 Å². The third-order valence-electron chi connectivity index (χ3n) is 5.04. The smallest absolute Gasteiger partial charge is 0.258 e. The molecule has 1 amide bonds. The van der Waals surface area contributed by atoms with Gasteiger partial charge in [-0.25, -0.2) is 12.7 Å². The molecule has 0 fully saturated rings. The monoisotopic (exact) mass is 372 g/mol. The van der Waals surface area contributed by atoms with Gasteiger partial charge in [-0.1, -0.05) is 6.07 Å². The van der Waals surface area contributed by atoms with Crippen LogP contribution in [-0.2, 0) is 16.4 Å². The number of nitrogens with zero attached hydrogens (tertiary/aromatic N) is 2. The van der Waals surface area contributed by atoms with Crippen LogP contribution in [0.1, 0.15) is 32.6 Å². The van der Waals surface area contributed by atoms with Gasteiger partial charge in [-0.2, -0.15) is 0 Å². The topological polar surface area (TPSA) is 57.7 Å². The highest BCUT2D eigenvalue weighted by atomic mass is 32.2. The first-order valence-electron chi connectivity index (χ1n) is 8.58. The van der Waals surface area contributed by atoms with Crippen molar-refractivity contribution in [2.24, 2.45) is 0 Å². The first kappa shape index (κ1) is 18.6. The van der Waals surface area contributed by atoms with E-state index in [9.17, 15) is 13.2 Å². The van der Waals surface area contributed by atoms with Gasteiger partial charge in [-0.05, 0) is 73.7 Å². The van der Waals surface area contributed by atoms with E-state index in [1.165, 1.54) is 24.0 Å². The number of carbonyl (C=O) groups excluding carboxylic acids is 1. The van der Waals surface area contributed by atoms with Crippen LogP contribution in [0, 0.1) is 20.8 Å². The lowest BCUT2D eigenvalue weighted by Gasteiger charge is -2.20. The van der Waals surface area contributed by atoms with Crippen LogP contribution in [0.2, 0.25) is 0 Å². The molecule has 3 rings (SSSR count). The Hall–Kier alpha value is -2.18. The van der Waals surface area contributed by atoms with E-state index in [1.807, 2.05) is 32.9 Å². The number of aryl methyl sites for hydroxylation is 3. The number of hydrogen-bond acceptors (Lipinski definition) is 3. The summed E-state index contributed by atoms with van der Waals surface area (Å²) >= 11 is 0. The van der Waals surface area contributed by atoms with E-state index in [1.54, 1.807) is 23.1 Å². The molecule has 6 heteroatoms. The molecule has 1 aliphatic heterocycles. The quantitative estimate of drug-likeness (QED) is 0.832. The van der Waals surface area contributed by atoms with E-state index in [0.717, 1.165) is 22.4 Å². The summed E-state index contributed by atoms with van der Waals surface area (Å²) in [7, 11) is -0.446. The minimum atomic E-state index is -3.48. The zero-order valence-corrected chi connectivity index (χ0v) is 16.6. The predicted octanol–water partition coefficient (Wildman–Crippen LogP) is 3.07. The van der Waals surface area contributed by atoms with Gasteiger partial charge in [0, 0.05) is 31.9 Å². The summed E-state index contributed by atoms with van der Waals surface area (Å²) in [5.41, 5.74) is 5.60. The number of carbonyl (C=O) groups is 1. The summed E-state index contributed by atoms with van der Waals surface area (Å²) < 4.78 is 25.9. The zero-order chi connectivity index (χ0) is 19.2. The molecular weight excluding hydrogens is 348 g/mol. The van der Waals surface area contributed by atoms with Crippen molar-refractivity contribution in [1.29, 1.82) is 0 Å². The number of rotatable bonds is 3. The Morgan fingerprint density at radius 1 is 1.00 bits per heavy atom. The van der Waals surface area contributed by atoms with Crippen LogP contribution in [0.25, 0.3) is 0 Å². The van der Waals surface area contributed by atoms with Crippen LogP contribution in [0.5, 0.6) is 0 Å². The molecule has 0 aromatic heterocycles. The molecule has 0 saturated carbocycles. The third kappa shape index (κ3) is 3.04. The van der Waals surface area contributed by atoms with Crippen molar-refractivity contribution in [2.45, 2.75) is 32.1 Å². The molecular formula is C20H24N2O3S. The average molecular weight is 372 g/mol. The molecule has 0 unspecified atom stereocenters. The Labute approximate surface area is 155 Å². The molecule has 0 radical (unpaired) electrons. The van der Waals surface area contributed by atoms with Gasteiger partial charge >= 0.3 is 0 Å². The number of benzene rings is 2. The van der Waals surface area contributed by atoms with Crippen LogP contribution in [0.15, 0.2) is 35.2 Å². The number of fused-ring (bicyclic) bond motifs is 1. The molecule has 5 nitrogen and oxygen atoms in total. The highest BCUT2D eigenvalue weighted by molar-refractivity contribution is 7.89. The fourth-order valence-electron chi connectivity index (χ4n) is 3.30. The second-order valence-corrected chi connectivity index (χ2v) is 9.19. The second kappa shape index (κ2) is 6.52. The van der Waals surface area contributed by atoms with E-state index in [-0.39, 0.29) is 10.8 Å². The van der Waals surface area contributed by atoms with Crippen LogP contribution < -0.4 is 4.90 Å². The lowest BCUT2D eigenvalue weighted by molar-refractivity contribution is 0.0988. The standard InChI is InChI=1S/C20H24N2O3S/c1-13-10-15(3)18(11-14(13)2)20(23)22-9-8-16-12-17(6-7-19(16)22)26(24,25)21(4)5/h6-7,10-12H,8-9H2,1-5H3. The third-order valence-corrected chi connectivity index (χ3v) is 6.85. The maximum atomic E-state index is 13.1. The van der Waals surface area contributed by atoms with Crippen LogP contribution >= 0.6 is 0 Å². The summed E-state index contributed by atoms with van der Waals surface area (Å²) in [6.07, 6.45) is 0.655. The van der Waals surface area contributed by atoms with Crippen molar-refractivity contribution in [2.75, 3.05) is 25.5 Å². The molecule has 0 aliphatic carbocycles. The van der Waals surface area contributed by atoms with Crippen molar-refractivity contribution in [3.63, 3.8) is 0 Å². The van der Waals surface area contributed by atoms with Gasteiger partial charge in [0.05, 0.1) is 4.90 Å². The van der Waals surface area contributed by atoms with Crippen molar-refractivity contribution in [1.82, 2.24) is 4.31 Å². The normalized spacial score (nSPS) is 14.0. The van der Waals surface area contributed by atoms with Crippen molar-refractivity contribution >= 4 is 21.6 Å². The SMILES string of the molecule is Cc1cc(C)c(C(=O)N2CCc3cc(S(=O)(=O)N(C)C)ccc32)cc1C. The number of sulfonamides is 1. The largest absolute Gasteiger partial charge is 0.308 e. The van der Waals surface area contributed by atoms with Crippen molar-refractivity contribution in [3.05, 3.63) is 58.1 Å². The molecule has 138 valence electrons. The molecule has 0 saturated heterocycles. The number of amides is 1. The Morgan fingerprint density at radius 2 is 1.65 bits per heavy atom. The Balaban J connectivity index is 1.98. The molecule has 0 bridgehead atoms. The van der Waals surface area contributed by atoms with Crippen molar-refractivity contribution < 1.29 is 13.2 Å². The number of anilines is 1. The van der Waals surface area contributed by atoms with Gasteiger partial charge in [-0.3, -0.25) is 4.79 Å². The van der Waals surface area contributed by atoms with Gasteiger partial charge in [0.1, 0.15) is 0 Å². The van der Waals surface area contributed by atoms with Crippen LogP contribution in [-0.4, -0.2) is 39.3 Å². The molecule has 0 N–H and O–H groups in total. The molecule has 2 aromatic carbocycles. The first-order valence-corrected chi connectivity index (χ1v) is 10.0. The highest BCUT2D eigenvalue weighted by Crippen LogP contribution is 2.32. The van der Waals surface area contributed by atoms with E-state index in [2.05, 4.69) is 0 Å². The summed E-state index contributed by atoms with van der Waals surface area (Å²) in [5, 5.41) is 0. The molecule has 1 heterocycles. The Kier molecular flexibility index (Phi) is 4.67. The summed E-state index contributed by atoms with van der Waals surface area (Å²) in [6, 6.07) is 8.98. The molecule has 0 atom stereocenters. The van der Waals surface area contributed by atoms with Gasteiger partial charge < -0.3 is 4.90 Å². The predicted molar refractivity (Wildman–Crippen MR) is 103 cm³/mol. The first-order chi connectivity index (χ1) is 12.1. The fourth-order valence-corrected chi connectivity index (χ4v) is 4.25. The van der Waals surface area contributed by atoms with E-state index in [0.29, 0.717) is 18.5 Å². The van der Waals surface area contributed by atoms with Gasteiger partial charge in [0.2, 0.25) is 10.0 Å². The summed E-state index contributed by atoms with van der Waals surface area (Å²) in [5.74, 6) is -0.0347. The lowest BCUT2D eigenvalue weighted by Crippen LogP contribution is -2.29. The Morgan fingerprint density at radius 3 is 2.31 bits per heavy atom. The number of hydrogen-bond donors (Lipinski definition) is 0. The summed E-state index contributed by atoms with van der Waals surface area (Å²) in [4.78, 5) is 15.1. The zero-order valence-electron chi connectivity index (χ0n) is 15.8. The second-order valence-electron chi connectivity index (χ2n) is 7.04. The molecule has 0 spiro atoms. The maximum absolute atomic E-state index is 13.1. The van der Waals surface area contributed by atoms with Gasteiger partial charge in [0.15, 0.2) is 0 Å². The van der Waals surface area contributed by atoms with Crippen LogP contribution in [0.4, 0.5) is 5.69 Å². The molecule has 2 aromatic rings. The molecule has 1 aliphatic rings. The van der Waals surface area contributed by atoms with Gasteiger partial charge in [-0.15, -0.1) is 0 Å². The Bertz CT molecular complexity index is 994. The van der Waals surface area contributed by atoms with E-state index >= 15 is 0 Å². The average Bonchev–Trinajstić information content (AvgIpc) is 3.00. The highest BCUT2D eigenvalue weighted by Gasteiger charge is 2.28. The van der Waals surface area contributed by atoms with Crippen LogP contribution in [0.3, 0.4) is 0 Å². The van der Waals surface area contributed by atoms with E-state index in [4.69, 9.17) is 0 Å². The summed E-state index contributed by atoms with van der Waals surface area (Å²) in [6.45, 7) is 6.55. The lowest BCUT2D eigenvalue weighted by atomic mass is 10.00. The fraction of sp³-hybridized carbons (Fsp3) is 0.350. The maximum Gasteiger partial charge on any atom is 0.258 e. The molecule has 26 heavy (non-hydrogen) atoms.